The van der Waals surface area contributed by atoms with Crippen molar-refractivity contribution < 1.29 is 13.9 Å². The fourth-order valence-corrected chi connectivity index (χ4v) is 2.20. The van der Waals surface area contributed by atoms with Gasteiger partial charge in [-0.05, 0) is 48.7 Å². The Hall–Kier alpha value is -2.56. The SMILES string of the molecule is COc1ccc(C(C)NC(=O)NCCc2ccc(F)cc2)cc1. The second-order valence-electron chi connectivity index (χ2n) is 5.27. The Bertz CT molecular complexity index is 626. The van der Waals surface area contributed by atoms with E-state index >= 15 is 0 Å². The molecule has 0 spiro atoms. The number of carbonyl (C=O) groups is 1. The number of urea groups is 1. The van der Waals surface area contributed by atoms with Crippen LogP contribution in [0.5, 0.6) is 5.75 Å². The van der Waals surface area contributed by atoms with Crippen LogP contribution in [0.25, 0.3) is 0 Å². The maximum absolute atomic E-state index is 12.8. The van der Waals surface area contributed by atoms with Crippen LogP contribution in [-0.2, 0) is 6.42 Å². The molecule has 4 nitrogen and oxygen atoms in total. The zero-order valence-corrected chi connectivity index (χ0v) is 13.3. The molecular formula is C18H21FN2O2. The van der Waals surface area contributed by atoms with E-state index in [1.807, 2.05) is 31.2 Å². The van der Waals surface area contributed by atoms with Crippen LogP contribution >= 0.6 is 0 Å². The Morgan fingerprint density at radius 3 is 2.39 bits per heavy atom. The third-order valence-electron chi connectivity index (χ3n) is 3.58. The summed E-state index contributed by atoms with van der Waals surface area (Å²) in [7, 11) is 1.62. The van der Waals surface area contributed by atoms with Crippen molar-refractivity contribution in [2.24, 2.45) is 0 Å². The first-order valence-electron chi connectivity index (χ1n) is 7.51. The first-order valence-corrected chi connectivity index (χ1v) is 7.51. The normalized spacial score (nSPS) is 11.6. The van der Waals surface area contributed by atoms with Crippen LogP contribution in [0.4, 0.5) is 9.18 Å². The standard InChI is InChI=1S/C18H21FN2O2/c1-13(15-5-9-17(23-2)10-6-15)21-18(22)20-12-11-14-3-7-16(19)8-4-14/h3-10,13H,11-12H2,1-2H3,(H2,20,21,22). The number of rotatable bonds is 6. The molecule has 0 aliphatic heterocycles. The second kappa shape index (κ2) is 8.17. The average Bonchev–Trinajstić information content (AvgIpc) is 2.56. The van der Waals surface area contributed by atoms with Gasteiger partial charge in [0.25, 0.3) is 0 Å². The average molecular weight is 316 g/mol. The van der Waals surface area contributed by atoms with Gasteiger partial charge in [0.2, 0.25) is 0 Å². The predicted octanol–water partition coefficient (Wildman–Crippen LogP) is 3.44. The third kappa shape index (κ3) is 5.29. The summed E-state index contributed by atoms with van der Waals surface area (Å²) >= 11 is 0. The molecule has 2 rings (SSSR count). The van der Waals surface area contributed by atoms with Gasteiger partial charge in [-0.15, -0.1) is 0 Å². The molecule has 5 heteroatoms. The number of benzene rings is 2. The minimum Gasteiger partial charge on any atom is -0.497 e. The molecule has 0 aliphatic carbocycles. The van der Waals surface area contributed by atoms with E-state index in [0.717, 1.165) is 16.9 Å². The van der Waals surface area contributed by atoms with Crippen molar-refractivity contribution in [2.45, 2.75) is 19.4 Å². The number of hydrogen-bond acceptors (Lipinski definition) is 2. The van der Waals surface area contributed by atoms with E-state index in [9.17, 15) is 9.18 Å². The zero-order chi connectivity index (χ0) is 16.7. The van der Waals surface area contributed by atoms with Gasteiger partial charge < -0.3 is 15.4 Å². The largest absolute Gasteiger partial charge is 0.497 e. The molecular weight excluding hydrogens is 295 g/mol. The molecule has 0 saturated carbocycles. The zero-order valence-electron chi connectivity index (χ0n) is 13.3. The lowest BCUT2D eigenvalue weighted by Crippen LogP contribution is -2.38. The molecule has 23 heavy (non-hydrogen) atoms. The molecule has 122 valence electrons. The number of ether oxygens (including phenoxy) is 1. The Kier molecular flexibility index (Phi) is 5.97. The minimum absolute atomic E-state index is 0.105. The maximum atomic E-state index is 12.8. The van der Waals surface area contributed by atoms with Crippen LogP contribution in [0.2, 0.25) is 0 Å². The molecule has 0 aliphatic rings. The van der Waals surface area contributed by atoms with Crippen molar-refractivity contribution >= 4 is 6.03 Å². The van der Waals surface area contributed by atoms with E-state index in [4.69, 9.17) is 4.74 Å². The van der Waals surface area contributed by atoms with Crippen LogP contribution < -0.4 is 15.4 Å². The van der Waals surface area contributed by atoms with Crippen LogP contribution in [0.3, 0.4) is 0 Å². The number of nitrogens with one attached hydrogen (secondary N) is 2. The summed E-state index contributed by atoms with van der Waals surface area (Å²) in [5.74, 6) is 0.525. The number of hydrogen-bond donors (Lipinski definition) is 2. The number of carbonyl (C=O) groups excluding carboxylic acids is 1. The van der Waals surface area contributed by atoms with E-state index < -0.39 is 0 Å². The third-order valence-corrected chi connectivity index (χ3v) is 3.58. The molecule has 2 N–H and O–H groups in total. The van der Waals surface area contributed by atoms with Gasteiger partial charge in [-0.3, -0.25) is 0 Å². The molecule has 2 aromatic rings. The van der Waals surface area contributed by atoms with E-state index in [0.29, 0.717) is 13.0 Å². The summed E-state index contributed by atoms with van der Waals surface area (Å²) < 4.78 is 17.9. The van der Waals surface area contributed by atoms with Crippen molar-refractivity contribution in [1.29, 1.82) is 0 Å². The topological polar surface area (TPSA) is 50.4 Å². The molecule has 0 heterocycles. The minimum atomic E-state index is -0.257. The highest BCUT2D eigenvalue weighted by Gasteiger charge is 2.09. The van der Waals surface area contributed by atoms with Gasteiger partial charge in [0.1, 0.15) is 11.6 Å². The van der Waals surface area contributed by atoms with Crippen LogP contribution in [0, 0.1) is 5.82 Å². The summed E-state index contributed by atoms with van der Waals surface area (Å²) in [6, 6.07) is 13.5. The maximum Gasteiger partial charge on any atom is 0.315 e. The quantitative estimate of drug-likeness (QED) is 0.858. The van der Waals surface area contributed by atoms with Crippen molar-refractivity contribution in [3.63, 3.8) is 0 Å². The Labute approximate surface area is 135 Å². The lowest BCUT2D eigenvalue weighted by atomic mass is 10.1. The van der Waals surface area contributed by atoms with Gasteiger partial charge >= 0.3 is 6.03 Å². The van der Waals surface area contributed by atoms with Crippen molar-refractivity contribution in [2.75, 3.05) is 13.7 Å². The Morgan fingerprint density at radius 2 is 1.78 bits per heavy atom. The second-order valence-corrected chi connectivity index (χ2v) is 5.27. The highest BCUT2D eigenvalue weighted by atomic mass is 19.1. The fraction of sp³-hybridized carbons (Fsp3) is 0.278. The van der Waals surface area contributed by atoms with Crippen molar-refractivity contribution in [1.82, 2.24) is 10.6 Å². The van der Waals surface area contributed by atoms with E-state index in [1.165, 1.54) is 12.1 Å². The van der Waals surface area contributed by atoms with Gasteiger partial charge in [0.15, 0.2) is 0 Å². The van der Waals surface area contributed by atoms with E-state index in [1.54, 1.807) is 19.2 Å². The summed E-state index contributed by atoms with van der Waals surface area (Å²) in [5.41, 5.74) is 1.98. The van der Waals surface area contributed by atoms with Crippen molar-refractivity contribution in [3.8, 4) is 5.75 Å². The summed E-state index contributed by atoms with van der Waals surface area (Å²) in [4.78, 5) is 11.9. The molecule has 0 fully saturated rings. The van der Waals surface area contributed by atoms with Crippen LogP contribution in [0.1, 0.15) is 24.1 Å². The molecule has 2 aromatic carbocycles. The summed E-state index contributed by atoms with van der Waals surface area (Å²) in [5, 5.41) is 5.68. The molecule has 0 saturated heterocycles. The lowest BCUT2D eigenvalue weighted by Gasteiger charge is -2.15. The molecule has 1 atom stereocenters. The van der Waals surface area contributed by atoms with Gasteiger partial charge in [-0.25, -0.2) is 9.18 Å². The van der Waals surface area contributed by atoms with Crippen molar-refractivity contribution in [3.05, 3.63) is 65.5 Å². The predicted molar refractivity (Wildman–Crippen MR) is 88.0 cm³/mol. The number of methoxy groups -OCH3 is 1. The van der Waals surface area contributed by atoms with E-state index in [-0.39, 0.29) is 17.9 Å². The number of halogens is 1. The highest BCUT2D eigenvalue weighted by molar-refractivity contribution is 5.74. The lowest BCUT2D eigenvalue weighted by molar-refractivity contribution is 0.238. The van der Waals surface area contributed by atoms with Gasteiger partial charge in [0, 0.05) is 6.54 Å². The van der Waals surface area contributed by atoms with Crippen LogP contribution in [-0.4, -0.2) is 19.7 Å². The Morgan fingerprint density at radius 1 is 1.13 bits per heavy atom. The Balaban J connectivity index is 1.76. The first-order chi connectivity index (χ1) is 11.1. The molecule has 2 amide bonds. The van der Waals surface area contributed by atoms with Gasteiger partial charge in [0.05, 0.1) is 13.2 Å². The van der Waals surface area contributed by atoms with Gasteiger partial charge in [-0.1, -0.05) is 24.3 Å². The summed E-state index contributed by atoms with van der Waals surface area (Å²) in [6.07, 6.45) is 0.657. The molecule has 1 unspecified atom stereocenters. The smallest absolute Gasteiger partial charge is 0.315 e. The highest BCUT2D eigenvalue weighted by Crippen LogP contribution is 2.17. The molecule has 0 radical (unpaired) electrons. The monoisotopic (exact) mass is 316 g/mol. The molecule has 0 aromatic heterocycles. The van der Waals surface area contributed by atoms with Crippen LogP contribution in [0.15, 0.2) is 48.5 Å². The van der Waals surface area contributed by atoms with E-state index in [2.05, 4.69) is 10.6 Å². The summed E-state index contributed by atoms with van der Waals surface area (Å²) in [6.45, 7) is 2.41. The fourth-order valence-electron chi connectivity index (χ4n) is 2.20. The number of amides is 2. The van der Waals surface area contributed by atoms with Gasteiger partial charge in [-0.2, -0.15) is 0 Å². The first kappa shape index (κ1) is 16.8. The molecule has 0 bridgehead atoms.